The van der Waals surface area contributed by atoms with Crippen LogP contribution in [0.15, 0.2) is 50.6 Å². The van der Waals surface area contributed by atoms with E-state index in [1.165, 1.54) is 11.3 Å². The second-order valence-corrected chi connectivity index (χ2v) is 8.40. The Labute approximate surface area is 152 Å². The number of thiophene rings is 1. The molecule has 0 saturated carbocycles. The summed E-state index contributed by atoms with van der Waals surface area (Å²) in [5.74, 6) is 1.92. The third-order valence-electron chi connectivity index (χ3n) is 3.26. The van der Waals surface area contributed by atoms with Crippen LogP contribution in [0.5, 0.6) is 0 Å². The van der Waals surface area contributed by atoms with Crippen molar-refractivity contribution in [2.75, 3.05) is 11.5 Å². The van der Waals surface area contributed by atoms with E-state index < -0.39 is 0 Å². The summed E-state index contributed by atoms with van der Waals surface area (Å²) in [6.45, 7) is 0. The standard InChI is InChI=1S/C16H15ClN2OS3/c1-19-15(20)14-12(7-10-22-14)18-16(19)23-9-4-8-21-13-6-3-2-5-11(13)17/h2-3,5-7,10H,4,8-9H2,1H3. The monoisotopic (exact) mass is 382 g/mol. The first-order chi connectivity index (χ1) is 11.2. The van der Waals surface area contributed by atoms with Crippen LogP contribution >= 0.6 is 46.5 Å². The first kappa shape index (κ1) is 16.9. The van der Waals surface area contributed by atoms with Gasteiger partial charge in [-0.15, -0.1) is 23.1 Å². The third-order valence-corrected chi connectivity index (χ3v) is 6.87. The van der Waals surface area contributed by atoms with Gasteiger partial charge in [0, 0.05) is 17.7 Å². The van der Waals surface area contributed by atoms with Crippen LogP contribution in [0.1, 0.15) is 6.42 Å². The molecule has 0 aliphatic rings. The Kier molecular flexibility index (Phi) is 5.69. The van der Waals surface area contributed by atoms with Crippen molar-refractivity contribution < 1.29 is 0 Å². The third kappa shape index (κ3) is 3.94. The molecule has 0 unspecified atom stereocenters. The lowest BCUT2D eigenvalue weighted by Gasteiger charge is -2.07. The smallest absolute Gasteiger partial charge is 0.271 e. The van der Waals surface area contributed by atoms with Crippen LogP contribution in [0.3, 0.4) is 0 Å². The average Bonchev–Trinajstić information content (AvgIpc) is 3.02. The Morgan fingerprint density at radius 2 is 2.00 bits per heavy atom. The highest BCUT2D eigenvalue weighted by Crippen LogP contribution is 2.28. The molecule has 7 heteroatoms. The molecule has 23 heavy (non-hydrogen) atoms. The van der Waals surface area contributed by atoms with Crippen LogP contribution in [0.2, 0.25) is 5.02 Å². The number of hydrogen-bond donors (Lipinski definition) is 0. The van der Waals surface area contributed by atoms with Gasteiger partial charge in [-0.25, -0.2) is 4.98 Å². The van der Waals surface area contributed by atoms with Gasteiger partial charge in [-0.3, -0.25) is 9.36 Å². The van der Waals surface area contributed by atoms with E-state index in [-0.39, 0.29) is 5.56 Å². The highest BCUT2D eigenvalue weighted by Gasteiger charge is 2.09. The van der Waals surface area contributed by atoms with Crippen LogP contribution in [-0.2, 0) is 7.05 Å². The minimum absolute atomic E-state index is 0.0398. The lowest BCUT2D eigenvalue weighted by molar-refractivity contribution is 0.727. The van der Waals surface area contributed by atoms with Gasteiger partial charge in [0.25, 0.3) is 5.56 Å². The van der Waals surface area contributed by atoms with Crippen LogP contribution in [0, 0.1) is 0 Å². The summed E-state index contributed by atoms with van der Waals surface area (Å²) in [6, 6.07) is 9.79. The zero-order chi connectivity index (χ0) is 16.2. The van der Waals surface area contributed by atoms with E-state index in [2.05, 4.69) is 4.98 Å². The second-order valence-electron chi connectivity index (χ2n) is 4.87. The van der Waals surface area contributed by atoms with Gasteiger partial charge in [-0.1, -0.05) is 35.5 Å². The molecule has 0 bridgehead atoms. The molecule has 0 atom stereocenters. The van der Waals surface area contributed by atoms with Gasteiger partial charge in [0.05, 0.1) is 10.5 Å². The highest BCUT2D eigenvalue weighted by atomic mass is 35.5. The molecular weight excluding hydrogens is 368 g/mol. The summed E-state index contributed by atoms with van der Waals surface area (Å²) in [5.41, 5.74) is 0.837. The summed E-state index contributed by atoms with van der Waals surface area (Å²) in [6.07, 6.45) is 1.03. The largest absolute Gasteiger partial charge is 0.290 e. The SMILES string of the molecule is Cn1c(SCCCSc2ccccc2Cl)nc2ccsc2c1=O. The van der Waals surface area contributed by atoms with E-state index in [1.54, 1.807) is 35.1 Å². The molecule has 0 fully saturated rings. The quantitative estimate of drug-likeness (QED) is 0.344. The van der Waals surface area contributed by atoms with E-state index in [9.17, 15) is 4.79 Å². The average molecular weight is 383 g/mol. The van der Waals surface area contributed by atoms with Crippen molar-refractivity contribution in [1.82, 2.24) is 9.55 Å². The second kappa shape index (κ2) is 7.75. The zero-order valence-electron chi connectivity index (χ0n) is 12.5. The summed E-state index contributed by atoms with van der Waals surface area (Å²) in [4.78, 5) is 17.9. The van der Waals surface area contributed by atoms with Crippen LogP contribution < -0.4 is 5.56 Å². The molecule has 3 nitrogen and oxygen atoms in total. The number of halogens is 1. The number of rotatable bonds is 6. The molecule has 0 amide bonds. The fourth-order valence-corrected chi connectivity index (χ4v) is 5.15. The number of nitrogens with zero attached hydrogens (tertiary/aromatic N) is 2. The Bertz CT molecular complexity index is 875. The van der Waals surface area contributed by atoms with E-state index in [4.69, 9.17) is 11.6 Å². The molecule has 120 valence electrons. The minimum Gasteiger partial charge on any atom is -0.290 e. The molecule has 3 rings (SSSR count). The Morgan fingerprint density at radius 3 is 2.83 bits per heavy atom. The number of aromatic nitrogens is 2. The lowest BCUT2D eigenvalue weighted by Crippen LogP contribution is -2.18. The summed E-state index contributed by atoms with van der Waals surface area (Å²) in [7, 11) is 1.79. The molecule has 2 aromatic heterocycles. The van der Waals surface area contributed by atoms with Crippen molar-refractivity contribution in [2.45, 2.75) is 16.5 Å². The topological polar surface area (TPSA) is 34.9 Å². The number of thioether (sulfide) groups is 2. The molecule has 0 saturated heterocycles. The van der Waals surface area contributed by atoms with Crippen molar-refractivity contribution >= 4 is 56.7 Å². The van der Waals surface area contributed by atoms with Gasteiger partial charge in [0.15, 0.2) is 5.16 Å². The van der Waals surface area contributed by atoms with Crippen LogP contribution in [0.4, 0.5) is 0 Å². The fourth-order valence-electron chi connectivity index (χ4n) is 2.06. The van der Waals surface area contributed by atoms with Gasteiger partial charge in [-0.2, -0.15) is 0 Å². The highest BCUT2D eigenvalue weighted by molar-refractivity contribution is 8.00. The zero-order valence-corrected chi connectivity index (χ0v) is 15.7. The van der Waals surface area contributed by atoms with E-state index in [0.29, 0.717) is 0 Å². The summed E-state index contributed by atoms with van der Waals surface area (Å²) >= 11 is 11.0. The van der Waals surface area contributed by atoms with Crippen LogP contribution in [-0.4, -0.2) is 21.1 Å². The van der Waals surface area contributed by atoms with Gasteiger partial charge in [0.1, 0.15) is 4.70 Å². The normalized spacial score (nSPS) is 11.2. The van der Waals surface area contributed by atoms with E-state index in [0.717, 1.165) is 43.2 Å². The molecule has 0 aliphatic carbocycles. The van der Waals surface area contributed by atoms with Crippen LogP contribution in [0.25, 0.3) is 10.2 Å². The Hall–Kier alpha value is -0.950. The predicted octanol–water partition coefficient (Wildman–Crippen LogP) is 4.92. The Balaban J connectivity index is 1.56. The number of fused-ring (bicyclic) bond motifs is 1. The maximum absolute atomic E-state index is 12.2. The first-order valence-electron chi connectivity index (χ1n) is 7.11. The van der Waals surface area contributed by atoms with Gasteiger partial charge >= 0.3 is 0 Å². The maximum Gasteiger partial charge on any atom is 0.271 e. The first-order valence-corrected chi connectivity index (χ1v) is 10.3. The molecule has 2 heterocycles. The van der Waals surface area contributed by atoms with Crippen molar-refractivity contribution in [3.05, 3.63) is 51.1 Å². The predicted molar refractivity (Wildman–Crippen MR) is 102 cm³/mol. The minimum atomic E-state index is 0.0398. The molecule has 1 aromatic carbocycles. The number of benzene rings is 1. The van der Waals surface area contributed by atoms with Crippen molar-refractivity contribution in [3.8, 4) is 0 Å². The van der Waals surface area contributed by atoms with Gasteiger partial charge in [-0.05, 0) is 35.8 Å². The molecular formula is C16H15ClN2OS3. The van der Waals surface area contributed by atoms with Gasteiger partial charge in [0.2, 0.25) is 0 Å². The van der Waals surface area contributed by atoms with Crippen molar-refractivity contribution in [1.29, 1.82) is 0 Å². The number of hydrogen-bond acceptors (Lipinski definition) is 5. The molecule has 0 N–H and O–H groups in total. The van der Waals surface area contributed by atoms with E-state index >= 15 is 0 Å². The molecule has 0 spiro atoms. The summed E-state index contributed by atoms with van der Waals surface area (Å²) < 4.78 is 2.37. The molecule has 0 radical (unpaired) electrons. The Morgan fingerprint density at radius 1 is 1.22 bits per heavy atom. The summed E-state index contributed by atoms with van der Waals surface area (Å²) in [5, 5.41) is 3.49. The lowest BCUT2D eigenvalue weighted by atomic mass is 10.4. The van der Waals surface area contributed by atoms with Crippen molar-refractivity contribution in [2.24, 2.45) is 7.05 Å². The fraction of sp³-hybridized carbons (Fsp3) is 0.250. The molecule has 0 aliphatic heterocycles. The molecule has 3 aromatic rings. The van der Waals surface area contributed by atoms with E-state index in [1.807, 2.05) is 35.7 Å². The van der Waals surface area contributed by atoms with Gasteiger partial charge < -0.3 is 0 Å². The van der Waals surface area contributed by atoms with Crippen molar-refractivity contribution in [3.63, 3.8) is 0 Å². The maximum atomic E-state index is 12.2.